The van der Waals surface area contributed by atoms with Crippen LogP contribution in [0.2, 0.25) is 0 Å². The Morgan fingerprint density at radius 2 is 2.20 bits per heavy atom. The van der Waals surface area contributed by atoms with Crippen LogP contribution in [0.15, 0.2) is 39.2 Å². The molecule has 0 atom stereocenters. The van der Waals surface area contributed by atoms with Gasteiger partial charge >= 0.3 is 0 Å². The van der Waals surface area contributed by atoms with Gasteiger partial charge in [0.1, 0.15) is 5.52 Å². The topological polar surface area (TPSA) is 56.4 Å². The van der Waals surface area contributed by atoms with Crippen molar-refractivity contribution in [3.05, 3.63) is 55.3 Å². The Balaban J connectivity index is 1.97. The molecule has 102 valence electrons. The Hall–Kier alpha value is -1.73. The SMILES string of the molecule is Cc1cc2c(=O)n(CC(=O)c3ccc(Br)s3)ccn2n1. The van der Waals surface area contributed by atoms with Gasteiger partial charge in [0, 0.05) is 12.4 Å². The number of ketones is 1. The minimum Gasteiger partial charge on any atom is -0.304 e. The van der Waals surface area contributed by atoms with Crippen molar-refractivity contribution in [3.8, 4) is 0 Å². The van der Waals surface area contributed by atoms with E-state index in [-0.39, 0.29) is 17.9 Å². The number of nitrogens with zero attached hydrogens (tertiary/aromatic N) is 3. The second-order valence-electron chi connectivity index (χ2n) is 4.37. The highest BCUT2D eigenvalue weighted by atomic mass is 79.9. The zero-order valence-electron chi connectivity index (χ0n) is 10.5. The van der Waals surface area contributed by atoms with E-state index in [0.29, 0.717) is 10.4 Å². The number of carbonyl (C=O) groups is 1. The van der Waals surface area contributed by atoms with E-state index in [0.717, 1.165) is 9.48 Å². The third-order valence-corrected chi connectivity index (χ3v) is 4.55. The van der Waals surface area contributed by atoms with Gasteiger partial charge in [-0.15, -0.1) is 11.3 Å². The zero-order valence-corrected chi connectivity index (χ0v) is 12.9. The van der Waals surface area contributed by atoms with E-state index in [1.165, 1.54) is 20.4 Å². The normalized spacial score (nSPS) is 11.1. The highest BCUT2D eigenvalue weighted by molar-refractivity contribution is 9.11. The molecule has 0 saturated heterocycles. The average Bonchev–Trinajstić information content (AvgIpc) is 2.99. The summed E-state index contributed by atoms with van der Waals surface area (Å²) in [6, 6.07) is 5.29. The maximum Gasteiger partial charge on any atom is 0.276 e. The number of thiophene rings is 1. The second-order valence-corrected chi connectivity index (χ2v) is 6.84. The largest absolute Gasteiger partial charge is 0.304 e. The van der Waals surface area contributed by atoms with Crippen molar-refractivity contribution >= 4 is 38.6 Å². The number of Topliss-reactive ketones (excluding diaryl/α,β-unsaturated/α-hetero) is 1. The van der Waals surface area contributed by atoms with Crippen LogP contribution in [0, 0.1) is 6.92 Å². The smallest absolute Gasteiger partial charge is 0.276 e. The Labute approximate surface area is 126 Å². The molecule has 0 radical (unpaired) electrons. The number of rotatable bonds is 3. The summed E-state index contributed by atoms with van der Waals surface area (Å²) in [5.41, 5.74) is 1.04. The fourth-order valence-corrected chi connectivity index (χ4v) is 3.29. The molecule has 0 unspecified atom stereocenters. The minimum atomic E-state index is -0.211. The molecule has 3 rings (SSSR count). The maximum absolute atomic E-state index is 12.3. The molecule has 0 aliphatic heterocycles. The molecule has 3 aromatic heterocycles. The lowest BCUT2D eigenvalue weighted by molar-refractivity contribution is 0.0975. The first-order valence-electron chi connectivity index (χ1n) is 5.88. The highest BCUT2D eigenvalue weighted by Crippen LogP contribution is 2.22. The summed E-state index contributed by atoms with van der Waals surface area (Å²) in [5.74, 6) is -0.0802. The molecule has 0 bridgehead atoms. The van der Waals surface area contributed by atoms with E-state index in [9.17, 15) is 9.59 Å². The number of aryl methyl sites for hydroxylation is 1. The van der Waals surface area contributed by atoms with E-state index in [2.05, 4.69) is 21.0 Å². The van der Waals surface area contributed by atoms with E-state index >= 15 is 0 Å². The Morgan fingerprint density at radius 3 is 2.90 bits per heavy atom. The lowest BCUT2D eigenvalue weighted by Crippen LogP contribution is -2.24. The first-order chi connectivity index (χ1) is 9.54. The van der Waals surface area contributed by atoms with Crippen molar-refractivity contribution in [1.82, 2.24) is 14.2 Å². The quantitative estimate of drug-likeness (QED) is 0.681. The van der Waals surface area contributed by atoms with E-state index in [1.54, 1.807) is 24.5 Å². The molecule has 0 saturated carbocycles. The molecule has 0 fully saturated rings. The number of hydrogen-bond acceptors (Lipinski definition) is 4. The first-order valence-corrected chi connectivity index (χ1v) is 7.49. The summed E-state index contributed by atoms with van der Waals surface area (Å²) in [4.78, 5) is 25.0. The highest BCUT2D eigenvalue weighted by Gasteiger charge is 2.12. The van der Waals surface area contributed by atoms with Gasteiger partial charge in [-0.25, -0.2) is 4.52 Å². The Kier molecular flexibility index (Phi) is 3.31. The predicted molar refractivity (Wildman–Crippen MR) is 80.5 cm³/mol. The molecule has 0 aromatic carbocycles. The van der Waals surface area contributed by atoms with Crippen molar-refractivity contribution in [2.45, 2.75) is 13.5 Å². The van der Waals surface area contributed by atoms with Crippen LogP contribution in [-0.4, -0.2) is 20.0 Å². The molecule has 0 amide bonds. The van der Waals surface area contributed by atoms with Crippen molar-refractivity contribution < 1.29 is 4.79 Å². The molecule has 3 heterocycles. The van der Waals surface area contributed by atoms with Crippen molar-refractivity contribution in [2.24, 2.45) is 0 Å². The zero-order chi connectivity index (χ0) is 14.3. The van der Waals surface area contributed by atoms with E-state index in [4.69, 9.17) is 0 Å². The molecule has 5 nitrogen and oxygen atoms in total. The summed E-state index contributed by atoms with van der Waals surface area (Å²) in [5, 5.41) is 4.17. The van der Waals surface area contributed by atoms with Crippen molar-refractivity contribution in [2.75, 3.05) is 0 Å². The van der Waals surface area contributed by atoms with Crippen LogP contribution in [0.4, 0.5) is 0 Å². The number of hydrogen-bond donors (Lipinski definition) is 0. The molecule has 0 aliphatic rings. The van der Waals surface area contributed by atoms with Gasteiger partial charge in [-0.05, 0) is 41.1 Å². The molecule has 0 aliphatic carbocycles. The van der Waals surface area contributed by atoms with Gasteiger partial charge < -0.3 is 4.57 Å². The summed E-state index contributed by atoms with van der Waals surface area (Å²) >= 11 is 4.68. The van der Waals surface area contributed by atoms with Gasteiger partial charge in [0.2, 0.25) is 0 Å². The number of carbonyl (C=O) groups excluding carboxylic acids is 1. The molecule has 20 heavy (non-hydrogen) atoms. The minimum absolute atomic E-state index is 0.0342. The molecule has 0 spiro atoms. The second kappa shape index (κ2) is 4.99. The van der Waals surface area contributed by atoms with Crippen molar-refractivity contribution in [3.63, 3.8) is 0 Å². The molecule has 0 N–H and O–H groups in total. The average molecular weight is 352 g/mol. The summed E-state index contributed by atoms with van der Waals surface area (Å²) in [6.45, 7) is 1.86. The first kappa shape index (κ1) is 13.3. The van der Waals surface area contributed by atoms with Gasteiger partial charge in [0.05, 0.1) is 20.9 Å². The summed E-state index contributed by atoms with van der Waals surface area (Å²) in [7, 11) is 0. The third kappa shape index (κ3) is 2.34. The number of halogens is 1. The van der Waals surface area contributed by atoms with Crippen LogP contribution in [0.3, 0.4) is 0 Å². The lowest BCUT2D eigenvalue weighted by Gasteiger charge is -2.04. The molecular weight excluding hydrogens is 342 g/mol. The molecule has 7 heteroatoms. The van der Waals surface area contributed by atoms with Crippen LogP contribution in [0.5, 0.6) is 0 Å². The monoisotopic (exact) mass is 351 g/mol. The van der Waals surface area contributed by atoms with Gasteiger partial charge in [-0.1, -0.05) is 0 Å². The van der Waals surface area contributed by atoms with Gasteiger partial charge in [-0.2, -0.15) is 5.10 Å². The van der Waals surface area contributed by atoms with Crippen LogP contribution < -0.4 is 5.56 Å². The Bertz CT molecular complexity index is 862. The van der Waals surface area contributed by atoms with E-state index in [1.807, 2.05) is 13.0 Å². The van der Waals surface area contributed by atoms with Crippen molar-refractivity contribution in [1.29, 1.82) is 0 Å². The Morgan fingerprint density at radius 1 is 1.40 bits per heavy atom. The lowest BCUT2D eigenvalue weighted by atomic mass is 10.3. The number of aromatic nitrogens is 3. The molecular formula is C13H10BrN3O2S. The van der Waals surface area contributed by atoms with Gasteiger partial charge in [0.25, 0.3) is 5.56 Å². The van der Waals surface area contributed by atoms with Gasteiger partial charge in [-0.3, -0.25) is 9.59 Å². The van der Waals surface area contributed by atoms with Crippen LogP contribution in [0.1, 0.15) is 15.4 Å². The summed E-state index contributed by atoms with van der Waals surface area (Å²) < 4.78 is 3.84. The summed E-state index contributed by atoms with van der Waals surface area (Å²) in [6.07, 6.45) is 3.27. The third-order valence-electron chi connectivity index (χ3n) is 2.89. The van der Waals surface area contributed by atoms with Crippen LogP contribution in [-0.2, 0) is 6.54 Å². The molecule has 3 aromatic rings. The fourth-order valence-electron chi connectivity index (χ4n) is 1.97. The number of fused-ring (bicyclic) bond motifs is 1. The van der Waals surface area contributed by atoms with Gasteiger partial charge in [0.15, 0.2) is 5.78 Å². The fraction of sp³-hybridized carbons (Fsp3) is 0.154. The van der Waals surface area contributed by atoms with Crippen LogP contribution >= 0.6 is 27.3 Å². The van der Waals surface area contributed by atoms with E-state index < -0.39 is 0 Å². The van der Waals surface area contributed by atoms with Crippen LogP contribution in [0.25, 0.3) is 5.52 Å². The standard InChI is InChI=1S/C13H10BrN3O2S/c1-8-6-9-13(19)16(4-5-17(9)15-8)7-10(18)11-2-3-12(14)20-11/h2-6H,7H2,1H3. The predicted octanol–water partition coefficient (Wildman–Crippen LogP) is 2.51. The maximum atomic E-state index is 12.3.